The maximum absolute atomic E-state index is 5.67. The Labute approximate surface area is 105 Å². The molecule has 0 atom stereocenters. The molecule has 0 saturated heterocycles. The molecule has 0 spiro atoms. The van der Waals surface area contributed by atoms with Crippen molar-refractivity contribution in [1.82, 2.24) is 15.3 Å². The zero-order valence-electron chi connectivity index (χ0n) is 10.2. The first-order valence-corrected chi connectivity index (χ1v) is 6.67. The second-order valence-electron chi connectivity index (χ2n) is 3.85. The number of hydrogen-bond donors (Lipinski definition) is 1. The predicted octanol–water partition coefficient (Wildman–Crippen LogP) is 2.38. The molecular formula is C12H17N3OS. The van der Waals surface area contributed by atoms with E-state index in [0.717, 1.165) is 29.7 Å². The molecule has 1 N–H and O–H groups in total. The molecule has 92 valence electrons. The molecular weight excluding hydrogens is 234 g/mol. The molecule has 2 rings (SSSR count). The van der Waals surface area contributed by atoms with E-state index in [1.54, 1.807) is 17.7 Å². The minimum absolute atomic E-state index is 0.640. The third-order valence-electron chi connectivity index (χ3n) is 2.36. The number of nitrogens with zero attached hydrogens (tertiary/aromatic N) is 2. The smallest absolute Gasteiger partial charge is 0.225 e. The molecule has 0 aliphatic carbocycles. The van der Waals surface area contributed by atoms with Gasteiger partial charge in [-0.15, -0.1) is 11.3 Å². The highest BCUT2D eigenvalue weighted by atomic mass is 32.1. The van der Waals surface area contributed by atoms with Gasteiger partial charge in [0.05, 0.1) is 5.39 Å². The van der Waals surface area contributed by atoms with Crippen molar-refractivity contribution in [3.05, 3.63) is 17.3 Å². The van der Waals surface area contributed by atoms with Crippen molar-refractivity contribution < 1.29 is 4.74 Å². The maximum Gasteiger partial charge on any atom is 0.225 e. The van der Waals surface area contributed by atoms with Crippen molar-refractivity contribution in [3.8, 4) is 5.88 Å². The van der Waals surface area contributed by atoms with Gasteiger partial charge in [0, 0.05) is 11.4 Å². The van der Waals surface area contributed by atoms with Crippen LogP contribution in [-0.2, 0) is 0 Å². The van der Waals surface area contributed by atoms with Crippen molar-refractivity contribution in [2.45, 2.75) is 20.3 Å². The summed E-state index contributed by atoms with van der Waals surface area (Å²) in [4.78, 5) is 10.6. The van der Waals surface area contributed by atoms with E-state index in [1.165, 1.54) is 4.88 Å². The van der Waals surface area contributed by atoms with Gasteiger partial charge in [0.15, 0.2) is 0 Å². The van der Waals surface area contributed by atoms with Crippen LogP contribution in [0.2, 0.25) is 0 Å². The Bertz CT molecular complexity index is 484. The van der Waals surface area contributed by atoms with Crippen LogP contribution in [0.3, 0.4) is 0 Å². The number of aromatic nitrogens is 2. The molecule has 2 aromatic rings. The van der Waals surface area contributed by atoms with Gasteiger partial charge in [0.2, 0.25) is 5.88 Å². The summed E-state index contributed by atoms with van der Waals surface area (Å²) in [5.41, 5.74) is 0. The lowest BCUT2D eigenvalue weighted by molar-refractivity contribution is 0.306. The highest BCUT2D eigenvalue weighted by molar-refractivity contribution is 7.18. The van der Waals surface area contributed by atoms with E-state index in [4.69, 9.17) is 4.74 Å². The summed E-state index contributed by atoms with van der Waals surface area (Å²) in [6.45, 7) is 6.73. The molecule has 0 aliphatic heterocycles. The monoisotopic (exact) mass is 251 g/mol. The molecule has 0 unspecified atom stereocenters. The third kappa shape index (κ3) is 3.14. The number of fused-ring (bicyclic) bond motifs is 1. The zero-order valence-corrected chi connectivity index (χ0v) is 11.0. The minimum Gasteiger partial charge on any atom is -0.476 e. The number of aryl methyl sites for hydroxylation is 1. The first-order chi connectivity index (χ1) is 8.31. The van der Waals surface area contributed by atoms with Gasteiger partial charge in [0.25, 0.3) is 0 Å². The second-order valence-corrected chi connectivity index (χ2v) is 5.09. The van der Waals surface area contributed by atoms with Gasteiger partial charge >= 0.3 is 0 Å². The van der Waals surface area contributed by atoms with Crippen molar-refractivity contribution in [2.24, 2.45) is 0 Å². The van der Waals surface area contributed by atoms with Crippen LogP contribution in [0, 0.1) is 6.92 Å². The molecule has 0 bridgehead atoms. The Morgan fingerprint density at radius 2 is 2.24 bits per heavy atom. The van der Waals surface area contributed by atoms with Gasteiger partial charge in [-0.1, -0.05) is 6.92 Å². The molecule has 0 radical (unpaired) electrons. The number of ether oxygens (including phenoxy) is 1. The number of hydrogen-bond acceptors (Lipinski definition) is 5. The molecule has 2 aromatic heterocycles. The molecule has 0 fully saturated rings. The van der Waals surface area contributed by atoms with E-state index >= 15 is 0 Å². The average molecular weight is 251 g/mol. The summed E-state index contributed by atoms with van der Waals surface area (Å²) >= 11 is 1.67. The first kappa shape index (κ1) is 12.3. The lowest BCUT2D eigenvalue weighted by atomic mass is 10.3. The van der Waals surface area contributed by atoms with E-state index in [1.807, 2.05) is 0 Å². The summed E-state index contributed by atoms with van der Waals surface area (Å²) in [5, 5.41) is 4.31. The lowest BCUT2D eigenvalue weighted by Crippen LogP contribution is -2.21. The molecule has 4 nitrogen and oxygen atoms in total. The Morgan fingerprint density at radius 1 is 1.35 bits per heavy atom. The van der Waals surface area contributed by atoms with E-state index in [0.29, 0.717) is 12.5 Å². The zero-order chi connectivity index (χ0) is 12.1. The number of rotatable bonds is 6. The SMILES string of the molecule is CCCNCCOc1ncnc2sc(C)cc12. The molecule has 2 heterocycles. The molecule has 0 aromatic carbocycles. The molecule has 5 heteroatoms. The second kappa shape index (κ2) is 5.93. The van der Waals surface area contributed by atoms with Crippen molar-refractivity contribution in [3.63, 3.8) is 0 Å². The van der Waals surface area contributed by atoms with Crippen molar-refractivity contribution in [1.29, 1.82) is 0 Å². The van der Waals surface area contributed by atoms with Gasteiger partial charge in [0.1, 0.15) is 17.8 Å². The van der Waals surface area contributed by atoms with Crippen LogP contribution in [-0.4, -0.2) is 29.7 Å². The van der Waals surface area contributed by atoms with Crippen LogP contribution in [0.25, 0.3) is 10.2 Å². The molecule has 17 heavy (non-hydrogen) atoms. The van der Waals surface area contributed by atoms with E-state index in [2.05, 4.69) is 35.2 Å². The average Bonchev–Trinajstić information content (AvgIpc) is 2.70. The largest absolute Gasteiger partial charge is 0.476 e. The Hall–Kier alpha value is -1.20. The summed E-state index contributed by atoms with van der Waals surface area (Å²) in [5.74, 6) is 0.692. The van der Waals surface area contributed by atoms with Crippen LogP contribution in [0.5, 0.6) is 5.88 Å². The van der Waals surface area contributed by atoms with Gasteiger partial charge in [-0.25, -0.2) is 9.97 Å². The van der Waals surface area contributed by atoms with Gasteiger partial charge in [-0.05, 0) is 26.0 Å². The van der Waals surface area contributed by atoms with Crippen LogP contribution in [0.15, 0.2) is 12.4 Å². The predicted molar refractivity (Wildman–Crippen MR) is 70.8 cm³/mol. The molecule has 0 aliphatic rings. The van der Waals surface area contributed by atoms with Crippen LogP contribution in [0.4, 0.5) is 0 Å². The van der Waals surface area contributed by atoms with E-state index in [-0.39, 0.29) is 0 Å². The fourth-order valence-corrected chi connectivity index (χ4v) is 2.43. The van der Waals surface area contributed by atoms with E-state index < -0.39 is 0 Å². The van der Waals surface area contributed by atoms with Crippen LogP contribution < -0.4 is 10.1 Å². The first-order valence-electron chi connectivity index (χ1n) is 5.86. The standard InChI is InChI=1S/C12H17N3OS/c1-3-4-13-5-6-16-11-10-7-9(2)17-12(10)15-8-14-11/h7-8,13H,3-6H2,1-2H3. The Kier molecular flexibility index (Phi) is 4.28. The third-order valence-corrected chi connectivity index (χ3v) is 3.32. The van der Waals surface area contributed by atoms with Crippen LogP contribution >= 0.6 is 11.3 Å². The molecule has 0 saturated carbocycles. The number of thiophene rings is 1. The topological polar surface area (TPSA) is 47.0 Å². The van der Waals surface area contributed by atoms with E-state index in [9.17, 15) is 0 Å². The minimum atomic E-state index is 0.640. The summed E-state index contributed by atoms with van der Waals surface area (Å²) in [6.07, 6.45) is 2.70. The highest BCUT2D eigenvalue weighted by Crippen LogP contribution is 2.28. The fraction of sp³-hybridized carbons (Fsp3) is 0.500. The lowest BCUT2D eigenvalue weighted by Gasteiger charge is -2.06. The van der Waals surface area contributed by atoms with Crippen LogP contribution in [0.1, 0.15) is 18.2 Å². The fourth-order valence-electron chi connectivity index (χ4n) is 1.59. The molecule has 0 amide bonds. The normalized spacial score (nSPS) is 10.9. The van der Waals surface area contributed by atoms with Gasteiger partial charge in [-0.2, -0.15) is 0 Å². The Balaban J connectivity index is 1.98. The highest BCUT2D eigenvalue weighted by Gasteiger charge is 2.07. The Morgan fingerprint density at radius 3 is 3.06 bits per heavy atom. The van der Waals surface area contributed by atoms with Crippen molar-refractivity contribution in [2.75, 3.05) is 19.7 Å². The summed E-state index contributed by atoms with van der Waals surface area (Å²) < 4.78 is 5.67. The number of nitrogens with one attached hydrogen (secondary N) is 1. The summed E-state index contributed by atoms with van der Waals surface area (Å²) in [7, 11) is 0. The summed E-state index contributed by atoms with van der Waals surface area (Å²) in [6, 6.07) is 2.08. The maximum atomic E-state index is 5.67. The quantitative estimate of drug-likeness (QED) is 0.801. The van der Waals surface area contributed by atoms with Gasteiger partial charge < -0.3 is 10.1 Å². The van der Waals surface area contributed by atoms with Crippen molar-refractivity contribution >= 4 is 21.6 Å². The van der Waals surface area contributed by atoms with Gasteiger partial charge in [-0.3, -0.25) is 0 Å².